The highest BCUT2D eigenvalue weighted by atomic mass is 32.1. The van der Waals surface area contributed by atoms with Crippen molar-refractivity contribution in [1.82, 2.24) is 24.7 Å². The Labute approximate surface area is 178 Å². The minimum atomic E-state index is -0.316. The van der Waals surface area contributed by atoms with E-state index < -0.39 is 0 Å². The van der Waals surface area contributed by atoms with Crippen LogP contribution in [0, 0.1) is 6.92 Å². The van der Waals surface area contributed by atoms with E-state index in [0.29, 0.717) is 36.3 Å². The molecule has 0 bridgehead atoms. The Hall–Kier alpha value is -2.85. The number of nitrogens with one attached hydrogen (secondary N) is 2. The smallest absolute Gasteiger partial charge is 0.278 e. The lowest BCUT2D eigenvalue weighted by Crippen LogP contribution is -2.29. The van der Waals surface area contributed by atoms with Crippen LogP contribution in [0.1, 0.15) is 41.2 Å². The molecule has 10 heteroatoms. The molecule has 0 atom stereocenters. The average Bonchev–Trinajstić information content (AvgIpc) is 3.30. The molecule has 3 heterocycles. The molecule has 30 heavy (non-hydrogen) atoms. The fourth-order valence-electron chi connectivity index (χ4n) is 3.84. The van der Waals surface area contributed by atoms with Crippen LogP contribution in [0.15, 0.2) is 11.6 Å². The first-order chi connectivity index (χ1) is 14.3. The van der Waals surface area contributed by atoms with Gasteiger partial charge in [0.05, 0.1) is 30.2 Å². The summed E-state index contributed by atoms with van der Waals surface area (Å²) in [4.78, 5) is 26.6. The maximum absolute atomic E-state index is 13.2. The van der Waals surface area contributed by atoms with Gasteiger partial charge in [-0.25, -0.2) is 15.0 Å². The molecule has 3 aromatic heterocycles. The third-order valence-corrected chi connectivity index (χ3v) is 6.01. The van der Waals surface area contributed by atoms with Crippen molar-refractivity contribution in [2.24, 2.45) is 0 Å². The van der Waals surface area contributed by atoms with Crippen LogP contribution in [-0.4, -0.2) is 51.4 Å². The summed E-state index contributed by atoms with van der Waals surface area (Å²) in [5.74, 6) is 0.263. The number of nitrogens with zero attached hydrogens (tertiary/aromatic N) is 5. The van der Waals surface area contributed by atoms with E-state index in [1.807, 2.05) is 23.2 Å². The van der Waals surface area contributed by atoms with Gasteiger partial charge in [0.1, 0.15) is 0 Å². The summed E-state index contributed by atoms with van der Waals surface area (Å²) in [6.07, 6.45) is 2.57. The van der Waals surface area contributed by atoms with Crippen LogP contribution < -0.4 is 10.6 Å². The fraction of sp³-hybridized carbons (Fsp3) is 0.450. The minimum absolute atomic E-state index is 0.267. The van der Waals surface area contributed by atoms with Gasteiger partial charge >= 0.3 is 0 Å². The van der Waals surface area contributed by atoms with Crippen LogP contribution in [0.3, 0.4) is 0 Å². The van der Waals surface area contributed by atoms with E-state index >= 15 is 0 Å². The van der Waals surface area contributed by atoms with Crippen molar-refractivity contribution >= 4 is 28.3 Å². The predicted molar refractivity (Wildman–Crippen MR) is 116 cm³/mol. The Morgan fingerprint density at radius 3 is 2.83 bits per heavy atom. The molecule has 0 saturated carbocycles. The SMILES string of the molecule is CNc1ncc2c(n1)-c1c(c(C(=O)Nc3nc(C)cs3)nn1CCOC)C(C)(C)C2. The molecule has 0 unspecified atom stereocenters. The lowest BCUT2D eigenvalue weighted by atomic mass is 9.73. The molecule has 0 aromatic carbocycles. The Morgan fingerprint density at radius 2 is 2.17 bits per heavy atom. The third kappa shape index (κ3) is 3.56. The van der Waals surface area contributed by atoms with Gasteiger partial charge in [-0.3, -0.25) is 14.8 Å². The number of fused-ring (bicyclic) bond motifs is 3. The van der Waals surface area contributed by atoms with Crippen LogP contribution in [0.2, 0.25) is 0 Å². The summed E-state index contributed by atoms with van der Waals surface area (Å²) in [6, 6.07) is 0. The Balaban J connectivity index is 1.87. The number of aryl methyl sites for hydroxylation is 1. The van der Waals surface area contributed by atoms with Gasteiger partial charge in [-0.15, -0.1) is 11.3 Å². The molecule has 3 aromatic rings. The second kappa shape index (κ2) is 7.77. The number of carbonyl (C=O) groups is 1. The first-order valence-electron chi connectivity index (χ1n) is 9.72. The van der Waals surface area contributed by atoms with Gasteiger partial charge in [0.25, 0.3) is 5.91 Å². The number of aromatic nitrogens is 5. The molecule has 0 saturated heterocycles. The summed E-state index contributed by atoms with van der Waals surface area (Å²) in [5, 5.41) is 13.1. The van der Waals surface area contributed by atoms with E-state index in [9.17, 15) is 4.79 Å². The zero-order valence-electron chi connectivity index (χ0n) is 17.7. The maximum atomic E-state index is 13.2. The quantitative estimate of drug-likeness (QED) is 0.623. The Morgan fingerprint density at radius 1 is 1.37 bits per heavy atom. The van der Waals surface area contributed by atoms with Gasteiger partial charge in [-0.2, -0.15) is 5.10 Å². The zero-order valence-corrected chi connectivity index (χ0v) is 18.6. The Kier molecular flexibility index (Phi) is 5.29. The largest absolute Gasteiger partial charge is 0.383 e. The molecule has 0 radical (unpaired) electrons. The van der Waals surface area contributed by atoms with Crippen LogP contribution in [-0.2, 0) is 23.1 Å². The zero-order chi connectivity index (χ0) is 21.5. The van der Waals surface area contributed by atoms with Crippen molar-refractivity contribution < 1.29 is 9.53 Å². The summed E-state index contributed by atoms with van der Waals surface area (Å²) < 4.78 is 7.10. The second-order valence-corrected chi connectivity index (χ2v) is 8.77. The van der Waals surface area contributed by atoms with Gasteiger partial charge in [0.15, 0.2) is 10.8 Å². The van der Waals surface area contributed by atoms with Gasteiger partial charge < -0.3 is 10.1 Å². The number of hydrogen-bond donors (Lipinski definition) is 2. The summed E-state index contributed by atoms with van der Waals surface area (Å²) in [6.45, 7) is 7.12. The number of carbonyl (C=O) groups excluding carboxylic acids is 1. The molecular formula is C20H25N7O2S. The minimum Gasteiger partial charge on any atom is -0.383 e. The van der Waals surface area contributed by atoms with Gasteiger partial charge in [0, 0.05) is 31.3 Å². The van der Waals surface area contributed by atoms with E-state index in [1.54, 1.807) is 14.2 Å². The number of anilines is 2. The fourth-order valence-corrected chi connectivity index (χ4v) is 4.52. The van der Waals surface area contributed by atoms with E-state index in [0.717, 1.165) is 28.2 Å². The molecular weight excluding hydrogens is 402 g/mol. The normalized spacial score (nSPS) is 14.2. The lowest BCUT2D eigenvalue weighted by molar-refractivity contribution is 0.101. The van der Waals surface area contributed by atoms with Crippen molar-refractivity contribution in [3.8, 4) is 11.4 Å². The number of thiazole rings is 1. The van der Waals surface area contributed by atoms with Gasteiger partial charge in [-0.05, 0) is 24.3 Å². The maximum Gasteiger partial charge on any atom is 0.278 e. The van der Waals surface area contributed by atoms with E-state index in [2.05, 4.69) is 34.4 Å². The van der Waals surface area contributed by atoms with Crippen LogP contribution in [0.5, 0.6) is 0 Å². The first kappa shape index (κ1) is 20.4. The van der Waals surface area contributed by atoms with Crippen LogP contribution >= 0.6 is 11.3 Å². The first-order valence-corrected chi connectivity index (χ1v) is 10.6. The van der Waals surface area contributed by atoms with E-state index in [-0.39, 0.29) is 11.3 Å². The average molecular weight is 428 g/mol. The lowest BCUT2D eigenvalue weighted by Gasteiger charge is -2.31. The summed E-state index contributed by atoms with van der Waals surface area (Å²) >= 11 is 1.40. The molecule has 1 aliphatic carbocycles. The summed E-state index contributed by atoms with van der Waals surface area (Å²) in [7, 11) is 3.43. The van der Waals surface area contributed by atoms with Gasteiger partial charge in [-0.1, -0.05) is 13.8 Å². The van der Waals surface area contributed by atoms with Crippen molar-refractivity contribution in [3.05, 3.63) is 34.1 Å². The molecule has 0 aliphatic heterocycles. The molecule has 9 nitrogen and oxygen atoms in total. The number of hydrogen-bond acceptors (Lipinski definition) is 8. The number of rotatable bonds is 6. The van der Waals surface area contributed by atoms with Crippen molar-refractivity contribution in [2.45, 2.75) is 39.2 Å². The van der Waals surface area contributed by atoms with Crippen LogP contribution in [0.4, 0.5) is 11.1 Å². The van der Waals surface area contributed by atoms with Crippen molar-refractivity contribution in [2.75, 3.05) is 31.4 Å². The van der Waals surface area contributed by atoms with Crippen LogP contribution in [0.25, 0.3) is 11.4 Å². The molecule has 1 amide bonds. The molecule has 2 N–H and O–H groups in total. The van der Waals surface area contributed by atoms with Crippen molar-refractivity contribution in [3.63, 3.8) is 0 Å². The highest BCUT2D eigenvalue weighted by Gasteiger charge is 2.40. The molecule has 0 fully saturated rings. The van der Waals surface area contributed by atoms with Crippen molar-refractivity contribution in [1.29, 1.82) is 0 Å². The standard InChI is InChI=1S/C20H25N7O2S/c1-11-10-30-19(23-11)25-17(28)15-13-16(27(26-15)6-7-29-5)14-12(8-20(13,2)3)9-22-18(21-4)24-14/h9-10H,6-8H2,1-5H3,(H,21,22,24)(H,23,25,28). The molecule has 0 spiro atoms. The highest BCUT2D eigenvalue weighted by molar-refractivity contribution is 7.13. The Bertz CT molecular complexity index is 1100. The number of ether oxygens (including phenoxy) is 1. The number of amides is 1. The van der Waals surface area contributed by atoms with E-state index in [1.165, 1.54) is 11.3 Å². The summed E-state index contributed by atoms with van der Waals surface area (Å²) in [5.41, 5.74) is 4.52. The van der Waals surface area contributed by atoms with E-state index in [4.69, 9.17) is 14.8 Å². The third-order valence-electron chi connectivity index (χ3n) is 5.14. The number of methoxy groups -OCH3 is 1. The monoisotopic (exact) mass is 427 g/mol. The molecule has 4 rings (SSSR count). The predicted octanol–water partition coefficient (Wildman–Crippen LogP) is 2.88. The van der Waals surface area contributed by atoms with Gasteiger partial charge in [0.2, 0.25) is 5.95 Å². The molecule has 158 valence electrons. The molecule has 1 aliphatic rings. The second-order valence-electron chi connectivity index (χ2n) is 7.91. The topological polar surface area (TPSA) is 107 Å². The highest BCUT2D eigenvalue weighted by Crippen LogP contribution is 2.44.